The number of thiazole rings is 2. The van der Waals surface area contributed by atoms with Gasteiger partial charge < -0.3 is 30.7 Å². The molecule has 3 amide bonds. The zero-order valence-electron chi connectivity index (χ0n) is 29.0. The Balaban J connectivity index is 1.42. The van der Waals surface area contributed by atoms with Crippen molar-refractivity contribution in [2.24, 2.45) is 5.92 Å². The fourth-order valence-corrected chi connectivity index (χ4v) is 6.71. The second-order valence-corrected chi connectivity index (χ2v) is 14.9. The van der Waals surface area contributed by atoms with Crippen LogP contribution in [0.1, 0.15) is 66.7 Å². The predicted molar refractivity (Wildman–Crippen MR) is 197 cm³/mol. The van der Waals surface area contributed by atoms with Gasteiger partial charge in [0.15, 0.2) is 0 Å². The molecule has 12 heteroatoms. The molecule has 0 spiro atoms. The first-order valence-electron chi connectivity index (χ1n) is 16.8. The van der Waals surface area contributed by atoms with Crippen LogP contribution in [0, 0.1) is 5.92 Å². The van der Waals surface area contributed by atoms with E-state index in [0.29, 0.717) is 38.3 Å². The number of benzene rings is 2. The lowest BCUT2D eigenvalue weighted by Crippen LogP contribution is -2.52. The molecule has 4 rings (SSSR count). The molecule has 0 bridgehead atoms. The number of aliphatic hydroxyl groups excluding tert-OH is 1. The van der Waals surface area contributed by atoms with Crippen LogP contribution in [-0.2, 0) is 30.7 Å². The molecule has 2 aromatic carbocycles. The van der Waals surface area contributed by atoms with E-state index in [-0.39, 0.29) is 30.6 Å². The molecule has 0 aliphatic heterocycles. The molecule has 264 valence electrons. The number of ether oxygens (including phenoxy) is 1. The van der Waals surface area contributed by atoms with Crippen LogP contribution in [0.25, 0.3) is 0 Å². The minimum absolute atomic E-state index is 0.114. The SMILES string of the molecule is CC(C)c1nc(CN(C)C(=O)N[C@H](CN[C@@H](Cc2ccccc2)C[C@H](O)[C@H](Cc2ccccc2)NC(=O)OCc2cncs2)C(C)C)cs1. The number of aromatic nitrogens is 2. The first-order chi connectivity index (χ1) is 23.6. The highest BCUT2D eigenvalue weighted by Gasteiger charge is 2.27. The van der Waals surface area contributed by atoms with Gasteiger partial charge in [-0.2, -0.15) is 0 Å². The van der Waals surface area contributed by atoms with Gasteiger partial charge in [-0.25, -0.2) is 14.6 Å². The van der Waals surface area contributed by atoms with E-state index >= 15 is 0 Å². The zero-order valence-corrected chi connectivity index (χ0v) is 30.7. The number of amides is 3. The lowest BCUT2D eigenvalue weighted by Gasteiger charge is -2.31. The predicted octanol–water partition coefficient (Wildman–Crippen LogP) is 6.38. The molecule has 49 heavy (non-hydrogen) atoms. The Kier molecular flexibility index (Phi) is 15.0. The van der Waals surface area contributed by atoms with Crippen molar-refractivity contribution in [3.63, 3.8) is 0 Å². The Morgan fingerprint density at radius 3 is 2.18 bits per heavy atom. The Hall–Kier alpha value is -3.84. The molecule has 2 heterocycles. The number of rotatable bonds is 18. The van der Waals surface area contributed by atoms with E-state index in [4.69, 9.17) is 4.74 Å². The Bertz CT molecular complexity index is 1530. The number of hydrogen-bond donors (Lipinski definition) is 4. The maximum Gasteiger partial charge on any atom is 0.407 e. The Morgan fingerprint density at radius 1 is 0.918 bits per heavy atom. The van der Waals surface area contributed by atoms with Crippen molar-refractivity contribution in [1.29, 1.82) is 0 Å². The van der Waals surface area contributed by atoms with Crippen molar-refractivity contribution in [3.8, 4) is 0 Å². The van der Waals surface area contributed by atoms with Crippen LogP contribution in [0.5, 0.6) is 0 Å². The van der Waals surface area contributed by atoms with Crippen LogP contribution in [0.4, 0.5) is 9.59 Å². The van der Waals surface area contributed by atoms with E-state index in [2.05, 4.69) is 65.7 Å². The van der Waals surface area contributed by atoms with Gasteiger partial charge in [-0.3, -0.25) is 4.98 Å². The monoisotopic (exact) mass is 706 g/mol. The number of hydrogen-bond acceptors (Lipinski definition) is 9. The molecule has 0 saturated heterocycles. The van der Waals surface area contributed by atoms with Crippen LogP contribution in [0.3, 0.4) is 0 Å². The summed E-state index contributed by atoms with van der Waals surface area (Å²) in [5.74, 6) is 0.504. The van der Waals surface area contributed by atoms with Gasteiger partial charge in [-0.15, -0.1) is 22.7 Å². The number of nitrogens with zero attached hydrogens (tertiary/aromatic N) is 3. The summed E-state index contributed by atoms with van der Waals surface area (Å²) in [5.41, 5.74) is 4.69. The fourth-order valence-electron chi connectivity index (χ4n) is 5.38. The zero-order chi connectivity index (χ0) is 35.2. The molecular formula is C37H50N6O4S2. The third kappa shape index (κ3) is 12.8. The van der Waals surface area contributed by atoms with Gasteiger partial charge in [0.1, 0.15) is 6.61 Å². The molecule has 0 aliphatic rings. The summed E-state index contributed by atoms with van der Waals surface area (Å²) >= 11 is 3.04. The van der Waals surface area contributed by atoms with Gasteiger partial charge in [-0.05, 0) is 36.3 Å². The first-order valence-corrected chi connectivity index (χ1v) is 18.6. The van der Waals surface area contributed by atoms with Crippen LogP contribution < -0.4 is 16.0 Å². The van der Waals surface area contributed by atoms with Gasteiger partial charge in [0.05, 0.1) is 39.8 Å². The Labute approximate surface area is 298 Å². The normalized spacial score (nSPS) is 13.9. The molecular weight excluding hydrogens is 657 g/mol. The summed E-state index contributed by atoms with van der Waals surface area (Å²) in [6, 6.07) is 18.8. The van der Waals surface area contributed by atoms with Crippen molar-refractivity contribution in [2.75, 3.05) is 13.6 Å². The lowest BCUT2D eigenvalue weighted by molar-refractivity contribution is 0.0891. The second-order valence-electron chi connectivity index (χ2n) is 13.1. The van der Waals surface area contributed by atoms with Crippen LogP contribution in [0.15, 0.2) is 77.8 Å². The third-order valence-corrected chi connectivity index (χ3v) is 10.2. The van der Waals surface area contributed by atoms with E-state index in [0.717, 1.165) is 26.7 Å². The largest absolute Gasteiger partial charge is 0.444 e. The van der Waals surface area contributed by atoms with E-state index in [1.807, 2.05) is 53.9 Å². The minimum Gasteiger partial charge on any atom is -0.444 e. The molecule has 4 aromatic rings. The number of carbonyl (C=O) groups is 2. The molecule has 4 N–H and O–H groups in total. The van der Waals surface area contributed by atoms with Crippen LogP contribution >= 0.6 is 22.7 Å². The van der Waals surface area contributed by atoms with Gasteiger partial charge in [0.25, 0.3) is 0 Å². The van der Waals surface area contributed by atoms with Gasteiger partial charge in [0, 0.05) is 43.2 Å². The Morgan fingerprint density at radius 2 is 1.59 bits per heavy atom. The van der Waals surface area contributed by atoms with Crippen molar-refractivity contribution < 1.29 is 19.4 Å². The van der Waals surface area contributed by atoms with E-state index < -0.39 is 18.2 Å². The summed E-state index contributed by atoms with van der Waals surface area (Å²) in [7, 11) is 1.78. The summed E-state index contributed by atoms with van der Waals surface area (Å²) in [5, 5.41) is 24.6. The molecule has 0 saturated carbocycles. The highest BCUT2D eigenvalue weighted by molar-refractivity contribution is 7.09. The van der Waals surface area contributed by atoms with Gasteiger partial charge in [-0.1, -0.05) is 88.4 Å². The third-order valence-electron chi connectivity index (χ3n) is 8.30. The van der Waals surface area contributed by atoms with Crippen LogP contribution in [-0.4, -0.2) is 69.9 Å². The summed E-state index contributed by atoms with van der Waals surface area (Å²) in [6.07, 6.45) is 1.65. The average molecular weight is 707 g/mol. The van der Waals surface area contributed by atoms with Crippen molar-refractivity contribution in [3.05, 3.63) is 104 Å². The van der Waals surface area contributed by atoms with E-state index in [9.17, 15) is 14.7 Å². The lowest BCUT2D eigenvalue weighted by atomic mass is 9.93. The summed E-state index contributed by atoms with van der Waals surface area (Å²) in [6.45, 7) is 9.44. The molecule has 0 fully saturated rings. The highest BCUT2D eigenvalue weighted by atomic mass is 32.1. The number of urea groups is 1. The van der Waals surface area contributed by atoms with Gasteiger partial charge >= 0.3 is 12.1 Å². The molecule has 0 unspecified atom stereocenters. The molecule has 2 aromatic heterocycles. The number of nitrogens with one attached hydrogen (secondary N) is 3. The smallest absolute Gasteiger partial charge is 0.407 e. The molecule has 0 radical (unpaired) electrons. The van der Waals surface area contributed by atoms with Crippen molar-refractivity contribution >= 4 is 34.8 Å². The topological polar surface area (TPSA) is 129 Å². The molecule has 0 aliphatic carbocycles. The van der Waals surface area contributed by atoms with Crippen molar-refractivity contribution in [2.45, 2.75) is 90.3 Å². The summed E-state index contributed by atoms with van der Waals surface area (Å²) < 4.78 is 5.46. The number of aliphatic hydroxyl groups is 1. The minimum atomic E-state index is -0.885. The maximum atomic E-state index is 13.3. The molecule has 4 atom stereocenters. The van der Waals surface area contributed by atoms with Crippen molar-refractivity contribution in [1.82, 2.24) is 30.8 Å². The number of alkyl carbamates (subject to hydrolysis) is 1. The first kappa shape index (κ1) is 38.0. The van der Waals surface area contributed by atoms with Gasteiger partial charge in [0.2, 0.25) is 0 Å². The quantitative estimate of drug-likeness (QED) is 0.0946. The van der Waals surface area contributed by atoms with Crippen LogP contribution in [0.2, 0.25) is 0 Å². The highest BCUT2D eigenvalue weighted by Crippen LogP contribution is 2.20. The second kappa shape index (κ2) is 19.4. The molecule has 10 nitrogen and oxygen atoms in total. The summed E-state index contributed by atoms with van der Waals surface area (Å²) in [4.78, 5) is 37.4. The fraction of sp³-hybridized carbons (Fsp3) is 0.459. The van der Waals surface area contributed by atoms with E-state index in [1.54, 1.807) is 35.0 Å². The average Bonchev–Trinajstić information content (AvgIpc) is 3.79. The standard InChI is InChI=1S/C37H50N6O4S2/c1-25(2)33(41-36(45)43(5)21-30-23-48-35(40-30)26(3)4)20-39-29(16-27-12-8-6-9-13-27)18-34(44)32(17-28-14-10-7-11-15-28)42-37(46)47-22-31-19-38-24-49-31/h6-15,19,23-26,29,32-34,39,44H,16-18,20-22H2,1-5H3,(H,41,45)(H,42,46)/t29-,32-,33+,34-/m0/s1. The maximum absolute atomic E-state index is 13.3. The number of carbonyl (C=O) groups excluding carboxylic acids is 2. The van der Waals surface area contributed by atoms with E-state index in [1.165, 1.54) is 11.3 Å².